The molecule has 96 valence electrons. The van der Waals surface area contributed by atoms with Crippen LogP contribution in [0.3, 0.4) is 0 Å². The van der Waals surface area contributed by atoms with Crippen molar-refractivity contribution in [2.75, 3.05) is 0 Å². The van der Waals surface area contributed by atoms with Crippen molar-refractivity contribution >= 4 is 39.1 Å². The molecule has 0 saturated carbocycles. The van der Waals surface area contributed by atoms with E-state index in [-0.39, 0.29) is 0 Å². The van der Waals surface area contributed by atoms with E-state index in [1.165, 1.54) is 0 Å². The third kappa shape index (κ3) is 3.13. The normalized spacial score (nSPS) is 10.7. The zero-order chi connectivity index (χ0) is 13.9. The average molecular weight is 356 g/mol. The van der Waals surface area contributed by atoms with E-state index in [4.69, 9.17) is 23.2 Å². The fourth-order valence-corrected chi connectivity index (χ4v) is 2.30. The average Bonchev–Trinajstić information content (AvgIpc) is 2.40. The number of aliphatic hydroxyl groups is 1. The van der Waals surface area contributed by atoms with Gasteiger partial charge in [0.2, 0.25) is 0 Å². The highest BCUT2D eigenvalue weighted by Gasteiger charge is 2.29. The van der Waals surface area contributed by atoms with E-state index in [1.807, 2.05) is 0 Å². The molecule has 0 atom stereocenters. The van der Waals surface area contributed by atoms with Crippen LogP contribution in [0.1, 0.15) is 11.1 Å². The van der Waals surface area contributed by atoms with Crippen LogP contribution in [0.2, 0.25) is 10.0 Å². The highest BCUT2D eigenvalue weighted by molar-refractivity contribution is 9.12. The Morgan fingerprint density at radius 2 is 1.21 bits per heavy atom. The fourth-order valence-electron chi connectivity index (χ4n) is 1.76. The van der Waals surface area contributed by atoms with E-state index >= 15 is 0 Å². The zero-order valence-corrected chi connectivity index (χ0v) is 12.8. The van der Waals surface area contributed by atoms with Gasteiger partial charge in [-0.15, -0.1) is 0 Å². The second kappa shape index (κ2) is 5.98. The summed E-state index contributed by atoms with van der Waals surface area (Å²) in [5, 5.41) is 12.1. The predicted octanol–water partition coefficient (Wildman–Crippen LogP) is 4.59. The second-order valence-corrected chi connectivity index (χ2v) is 5.21. The van der Waals surface area contributed by atoms with Crippen LogP contribution < -0.4 is 0 Å². The van der Waals surface area contributed by atoms with Crippen LogP contribution in [0, 0.1) is 10.8 Å². The number of hydrogen-bond acceptors (Lipinski definition) is 1. The summed E-state index contributed by atoms with van der Waals surface area (Å²) in [6.07, 6.45) is 0. The second-order valence-electron chi connectivity index (χ2n) is 3.94. The van der Waals surface area contributed by atoms with E-state index in [1.54, 1.807) is 48.5 Å². The largest absolute Gasteiger partial charge is 0.369 e. The molecular formula is C15H9BrCl2O. The van der Waals surface area contributed by atoms with Gasteiger partial charge in [-0.05, 0) is 35.0 Å². The molecule has 0 unspecified atom stereocenters. The lowest BCUT2D eigenvalue weighted by molar-refractivity contribution is 0.145. The van der Waals surface area contributed by atoms with Crippen LogP contribution >= 0.6 is 39.1 Å². The van der Waals surface area contributed by atoms with Crippen molar-refractivity contribution < 1.29 is 5.11 Å². The minimum absolute atomic E-state index is 0.606. The Hall–Kier alpha value is -0.980. The number of benzene rings is 2. The number of halogens is 3. The summed E-state index contributed by atoms with van der Waals surface area (Å²) in [4.78, 5) is 2.58. The van der Waals surface area contributed by atoms with Gasteiger partial charge in [0.05, 0.1) is 0 Å². The molecule has 0 spiro atoms. The number of rotatable bonds is 2. The zero-order valence-electron chi connectivity index (χ0n) is 9.70. The Morgan fingerprint density at radius 3 is 1.53 bits per heavy atom. The van der Waals surface area contributed by atoms with Gasteiger partial charge in [-0.25, -0.2) is 0 Å². The third-order valence-corrected chi connectivity index (χ3v) is 3.45. The molecule has 0 bridgehead atoms. The Bertz CT molecular complexity index is 578. The molecule has 4 heteroatoms. The number of hydrogen-bond donors (Lipinski definition) is 1. The van der Waals surface area contributed by atoms with Gasteiger partial charge in [-0.3, -0.25) is 0 Å². The van der Waals surface area contributed by atoms with Gasteiger partial charge >= 0.3 is 0 Å². The van der Waals surface area contributed by atoms with E-state index in [0.29, 0.717) is 21.2 Å². The van der Waals surface area contributed by atoms with Crippen LogP contribution in [0.15, 0.2) is 48.5 Å². The lowest BCUT2D eigenvalue weighted by Gasteiger charge is -2.23. The Morgan fingerprint density at radius 1 is 0.842 bits per heavy atom. The van der Waals surface area contributed by atoms with E-state index in [9.17, 15) is 5.11 Å². The summed E-state index contributed by atoms with van der Waals surface area (Å²) in [6, 6.07) is 13.8. The maximum atomic E-state index is 10.8. The lowest BCUT2D eigenvalue weighted by atomic mass is 9.87. The standard InChI is InChI=1S/C15H9BrCl2O/c16-10-9-15(19,11-1-5-13(17)6-2-11)12-3-7-14(18)8-4-12/h1-8,19H. The highest BCUT2D eigenvalue weighted by Crippen LogP contribution is 2.30. The van der Waals surface area contributed by atoms with Crippen LogP contribution in [0.5, 0.6) is 0 Å². The molecule has 1 nitrogen and oxygen atoms in total. The van der Waals surface area contributed by atoms with Gasteiger partial charge in [0.1, 0.15) is 0 Å². The molecule has 19 heavy (non-hydrogen) atoms. The fraction of sp³-hybridized carbons (Fsp3) is 0.0667. The monoisotopic (exact) mass is 354 g/mol. The molecule has 0 aromatic heterocycles. The van der Waals surface area contributed by atoms with Crippen molar-refractivity contribution in [1.29, 1.82) is 0 Å². The van der Waals surface area contributed by atoms with Gasteiger partial charge in [0.15, 0.2) is 5.60 Å². The Labute approximate surface area is 130 Å². The molecule has 0 aliphatic carbocycles. The van der Waals surface area contributed by atoms with Gasteiger partial charge in [0.25, 0.3) is 0 Å². The molecular weight excluding hydrogens is 347 g/mol. The predicted molar refractivity (Wildman–Crippen MR) is 82.6 cm³/mol. The van der Waals surface area contributed by atoms with Gasteiger partial charge in [-0.2, -0.15) is 0 Å². The summed E-state index contributed by atoms with van der Waals surface area (Å²) in [5.74, 6) is 2.77. The summed E-state index contributed by atoms with van der Waals surface area (Å²) in [7, 11) is 0. The molecule has 0 saturated heterocycles. The van der Waals surface area contributed by atoms with Crippen LogP contribution in [0.25, 0.3) is 0 Å². The molecule has 0 aliphatic rings. The molecule has 0 fully saturated rings. The van der Waals surface area contributed by atoms with Crippen LogP contribution in [0.4, 0.5) is 0 Å². The third-order valence-electron chi connectivity index (χ3n) is 2.75. The van der Waals surface area contributed by atoms with E-state index in [2.05, 4.69) is 26.7 Å². The smallest absolute Gasteiger partial charge is 0.177 e. The highest BCUT2D eigenvalue weighted by atomic mass is 79.9. The van der Waals surface area contributed by atoms with Gasteiger partial charge in [-0.1, -0.05) is 47.5 Å². The first-order valence-corrected chi connectivity index (χ1v) is 6.98. The maximum Gasteiger partial charge on any atom is 0.177 e. The Balaban J connectivity index is 2.56. The topological polar surface area (TPSA) is 20.2 Å². The minimum Gasteiger partial charge on any atom is -0.369 e. The summed E-state index contributed by atoms with van der Waals surface area (Å²) in [6.45, 7) is 0. The van der Waals surface area contributed by atoms with Crippen molar-refractivity contribution in [3.05, 3.63) is 69.7 Å². The van der Waals surface area contributed by atoms with Crippen LogP contribution in [-0.2, 0) is 5.60 Å². The lowest BCUT2D eigenvalue weighted by Crippen LogP contribution is -2.25. The van der Waals surface area contributed by atoms with Crippen LogP contribution in [-0.4, -0.2) is 5.11 Å². The van der Waals surface area contributed by atoms with Crippen molar-refractivity contribution in [3.8, 4) is 10.8 Å². The quantitative estimate of drug-likeness (QED) is 0.781. The van der Waals surface area contributed by atoms with Crippen molar-refractivity contribution in [2.24, 2.45) is 0 Å². The summed E-state index contributed by atoms with van der Waals surface area (Å²) < 4.78 is 0. The Kier molecular flexibility index (Phi) is 4.54. The summed E-state index contributed by atoms with van der Waals surface area (Å²) in [5.41, 5.74) is -0.115. The first-order valence-electron chi connectivity index (χ1n) is 5.43. The molecule has 0 radical (unpaired) electrons. The van der Waals surface area contributed by atoms with Gasteiger partial charge in [0, 0.05) is 37.1 Å². The first-order chi connectivity index (χ1) is 9.06. The molecule has 1 N–H and O–H groups in total. The van der Waals surface area contributed by atoms with Gasteiger partial charge < -0.3 is 5.11 Å². The molecule has 0 aliphatic heterocycles. The molecule has 0 heterocycles. The SMILES string of the molecule is OC(C#CBr)(c1ccc(Cl)cc1)c1ccc(Cl)cc1. The molecule has 2 aromatic carbocycles. The van der Waals surface area contributed by atoms with Crippen molar-refractivity contribution in [3.63, 3.8) is 0 Å². The van der Waals surface area contributed by atoms with E-state index in [0.717, 1.165) is 0 Å². The molecule has 0 amide bonds. The van der Waals surface area contributed by atoms with E-state index < -0.39 is 5.60 Å². The van der Waals surface area contributed by atoms with Crippen molar-refractivity contribution in [2.45, 2.75) is 5.60 Å². The molecule has 2 aromatic rings. The van der Waals surface area contributed by atoms with Crippen molar-refractivity contribution in [1.82, 2.24) is 0 Å². The minimum atomic E-state index is -1.40. The molecule has 2 rings (SSSR count). The first kappa shape index (κ1) is 14.4. The summed E-state index contributed by atoms with van der Waals surface area (Å²) >= 11 is 14.8. The maximum absolute atomic E-state index is 10.8.